The lowest BCUT2D eigenvalue weighted by Gasteiger charge is -2.29. The topological polar surface area (TPSA) is 75.1 Å². The van der Waals surface area contributed by atoms with Gasteiger partial charge in [0.05, 0.1) is 0 Å². The van der Waals surface area contributed by atoms with Gasteiger partial charge >= 0.3 is 5.97 Å². The highest BCUT2D eigenvalue weighted by Gasteiger charge is 2.22. The number of hydrogen-bond donors (Lipinski definition) is 2. The molecule has 1 aromatic rings. The summed E-state index contributed by atoms with van der Waals surface area (Å²) in [5, 5.41) is 12.3. The Morgan fingerprint density at radius 2 is 2.11 bits per heavy atom. The molecule has 2 rings (SSSR count). The van der Waals surface area contributed by atoms with Gasteiger partial charge in [-0.25, -0.2) is 14.8 Å². The summed E-state index contributed by atoms with van der Waals surface area (Å²) in [6.45, 7) is 3.99. The van der Waals surface area contributed by atoms with Crippen LogP contribution in [0.25, 0.3) is 0 Å². The van der Waals surface area contributed by atoms with E-state index in [2.05, 4.69) is 22.2 Å². The van der Waals surface area contributed by atoms with Crippen LogP contribution in [0.5, 0.6) is 0 Å². The molecule has 1 aromatic heterocycles. The first kappa shape index (κ1) is 12.8. The second kappa shape index (κ2) is 5.33. The number of aromatic nitrogens is 2. The first-order valence-corrected chi connectivity index (χ1v) is 6.42. The third kappa shape index (κ3) is 2.97. The fourth-order valence-corrected chi connectivity index (χ4v) is 2.44. The van der Waals surface area contributed by atoms with E-state index in [1.54, 1.807) is 6.92 Å². The van der Waals surface area contributed by atoms with Crippen LogP contribution in [0.2, 0.25) is 0 Å². The summed E-state index contributed by atoms with van der Waals surface area (Å²) in [6, 6.07) is 1.83. The van der Waals surface area contributed by atoms with Crippen molar-refractivity contribution in [1.29, 1.82) is 0 Å². The van der Waals surface area contributed by atoms with Gasteiger partial charge in [0.1, 0.15) is 0 Å². The van der Waals surface area contributed by atoms with Gasteiger partial charge in [-0.2, -0.15) is 0 Å². The average Bonchev–Trinajstić information content (AvgIpc) is 2.31. The van der Waals surface area contributed by atoms with Crippen LogP contribution in [-0.2, 0) is 0 Å². The van der Waals surface area contributed by atoms with Crippen molar-refractivity contribution in [3.63, 3.8) is 0 Å². The van der Waals surface area contributed by atoms with Crippen molar-refractivity contribution in [3.8, 4) is 0 Å². The van der Waals surface area contributed by atoms with Gasteiger partial charge in [-0.15, -0.1) is 0 Å². The minimum absolute atomic E-state index is 0.0495. The predicted octanol–water partition coefficient (Wildman–Crippen LogP) is 2.47. The molecule has 2 atom stereocenters. The van der Waals surface area contributed by atoms with Crippen LogP contribution in [0, 0.1) is 12.8 Å². The molecule has 0 amide bonds. The Labute approximate surface area is 107 Å². The zero-order chi connectivity index (χ0) is 13.1. The number of nitrogens with zero attached hydrogens (tertiary/aromatic N) is 2. The van der Waals surface area contributed by atoms with E-state index in [0.717, 1.165) is 6.42 Å². The zero-order valence-electron chi connectivity index (χ0n) is 10.8. The molecule has 0 spiro atoms. The molecule has 0 aliphatic heterocycles. The predicted molar refractivity (Wildman–Crippen MR) is 68.8 cm³/mol. The van der Waals surface area contributed by atoms with Crippen LogP contribution in [0.1, 0.15) is 48.8 Å². The summed E-state index contributed by atoms with van der Waals surface area (Å²) in [5.41, 5.74) is 0.724. The highest BCUT2D eigenvalue weighted by molar-refractivity contribution is 5.85. The second-order valence-electron chi connectivity index (χ2n) is 5.04. The molecule has 0 radical (unpaired) electrons. The number of nitrogens with one attached hydrogen (secondary N) is 1. The number of hydrogen-bond acceptors (Lipinski definition) is 4. The van der Waals surface area contributed by atoms with Crippen LogP contribution in [0.3, 0.4) is 0 Å². The van der Waals surface area contributed by atoms with Gasteiger partial charge in [0.25, 0.3) is 0 Å². The number of aromatic carboxylic acids is 1. The van der Waals surface area contributed by atoms with E-state index in [1.807, 2.05) is 0 Å². The molecule has 2 unspecified atom stereocenters. The summed E-state index contributed by atoms with van der Waals surface area (Å²) in [5.74, 6) is 0.00235. The molecule has 0 saturated heterocycles. The molecule has 1 saturated carbocycles. The smallest absolute Gasteiger partial charge is 0.354 e. The maximum atomic E-state index is 10.9. The highest BCUT2D eigenvalue weighted by Crippen LogP contribution is 2.25. The van der Waals surface area contributed by atoms with Crippen molar-refractivity contribution in [2.24, 2.45) is 5.92 Å². The van der Waals surface area contributed by atoms with Crippen molar-refractivity contribution in [2.45, 2.75) is 45.6 Å². The number of anilines is 1. The molecule has 0 bridgehead atoms. The van der Waals surface area contributed by atoms with Gasteiger partial charge in [0.2, 0.25) is 5.95 Å². The maximum Gasteiger partial charge on any atom is 0.354 e. The minimum Gasteiger partial charge on any atom is -0.477 e. The fraction of sp³-hybridized carbons (Fsp3) is 0.615. The summed E-state index contributed by atoms with van der Waals surface area (Å²) in [4.78, 5) is 19.2. The van der Waals surface area contributed by atoms with Crippen molar-refractivity contribution in [3.05, 3.63) is 17.5 Å². The summed E-state index contributed by atoms with van der Waals surface area (Å²) < 4.78 is 0. The number of carboxylic acid groups (broad SMARTS) is 1. The molecule has 1 aliphatic rings. The molecule has 5 nitrogen and oxygen atoms in total. The van der Waals surface area contributed by atoms with Crippen molar-refractivity contribution in [2.75, 3.05) is 5.32 Å². The normalized spacial score (nSPS) is 23.7. The van der Waals surface area contributed by atoms with Gasteiger partial charge in [-0.05, 0) is 31.7 Å². The second-order valence-corrected chi connectivity index (χ2v) is 5.04. The SMILES string of the molecule is Cc1cc(C(=O)O)nc(NC2CCCCC2C)n1. The van der Waals surface area contributed by atoms with E-state index >= 15 is 0 Å². The number of carboxylic acids is 1. The fourth-order valence-electron chi connectivity index (χ4n) is 2.44. The van der Waals surface area contributed by atoms with Crippen molar-refractivity contribution < 1.29 is 9.90 Å². The molecule has 0 aromatic carbocycles. The van der Waals surface area contributed by atoms with Crippen LogP contribution in [0.15, 0.2) is 6.07 Å². The monoisotopic (exact) mass is 249 g/mol. The van der Waals surface area contributed by atoms with Crippen molar-refractivity contribution >= 4 is 11.9 Å². The van der Waals surface area contributed by atoms with Crippen LogP contribution >= 0.6 is 0 Å². The number of aryl methyl sites for hydroxylation is 1. The molecular formula is C13H19N3O2. The first-order valence-electron chi connectivity index (χ1n) is 6.42. The van der Waals surface area contributed by atoms with Gasteiger partial charge < -0.3 is 10.4 Å². The summed E-state index contributed by atoms with van der Waals surface area (Å²) in [6.07, 6.45) is 4.78. The third-order valence-electron chi connectivity index (χ3n) is 3.50. The number of carbonyl (C=O) groups is 1. The molecule has 18 heavy (non-hydrogen) atoms. The zero-order valence-corrected chi connectivity index (χ0v) is 10.8. The molecule has 5 heteroatoms. The number of rotatable bonds is 3. The maximum absolute atomic E-state index is 10.9. The van der Waals surface area contributed by atoms with E-state index in [0.29, 0.717) is 23.6 Å². The minimum atomic E-state index is -1.01. The van der Waals surface area contributed by atoms with Gasteiger partial charge in [-0.1, -0.05) is 19.8 Å². The van der Waals surface area contributed by atoms with Gasteiger partial charge in [0, 0.05) is 11.7 Å². The van der Waals surface area contributed by atoms with Crippen molar-refractivity contribution in [1.82, 2.24) is 9.97 Å². The van der Waals surface area contributed by atoms with E-state index < -0.39 is 5.97 Å². The molecule has 1 heterocycles. The Hall–Kier alpha value is -1.65. The Kier molecular flexibility index (Phi) is 3.79. The Balaban J connectivity index is 2.15. The highest BCUT2D eigenvalue weighted by atomic mass is 16.4. The van der Waals surface area contributed by atoms with Crippen LogP contribution < -0.4 is 5.32 Å². The lowest BCUT2D eigenvalue weighted by molar-refractivity contribution is 0.0690. The quantitative estimate of drug-likeness (QED) is 0.860. The Bertz CT molecular complexity index is 448. The third-order valence-corrected chi connectivity index (χ3v) is 3.50. The van der Waals surface area contributed by atoms with Crippen LogP contribution in [-0.4, -0.2) is 27.1 Å². The summed E-state index contributed by atoms with van der Waals surface area (Å²) >= 11 is 0. The molecular weight excluding hydrogens is 230 g/mol. The molecule has 1 fully saturated rings. The van der Waals surface area contributed by atoms with Gasteiger partial charge in [-0.3, -0.25) is 0 Å². The average molecular weight is 249 g/mol. The summed E-state index contributed by atoms with van der Waals surface area (Å²) in [7, 11) is 0. The standard InChI is InChI=1S/C13H19N3O2/c1-8-5-3-4-6-10(8)15-13-14-9(2)7-11(16-13)12(17)18/h7-8,10H,3-6H2,1-2H3,(H,17,18)(H,14,15,16). The Morgan fingerprint density at radius 1 is 1.39 bits per heavy atom. The van der Waals surface area contributed by atoms with Crippen LogP contribution in [0.4, 0.5) is 5.95 Å². The van der Waals surface area contributed by atoms with E-state index in [1.165, 1.54) is 25.3 Å². The molecule has 1 aliphatic carbocycles. The first-order chi connectivity index (χ1) is 8.56. The Morgan fingerprint density at radius 3 is 2.78 bits per heavy atom. The molecule has 2 N–H and O–H groups in total. The van der Waals surface area contributed by atoms with Gasteiger partial charge in [0.15, 0.2) is 5.69 Å². The molecule has 98 valence electrons. The van der Waals surface area contributed by atoms with E-state index in [-0.39, 0.29) is 5.69 Å². The van der Waals surface area contributed by atoms with E-state index in [4.69, 9.17) is 5.11 Å². The lowest BCUT2D eigenvalue weighted by Crippen LogP contribution is -2.31. The van der Waals surface area contributed by atoms with E-state index in [9.17, 15) is 4.79 Å². The largest absolute Gasteiger partial charge is 0.477 e. The lowest BCUT2D eigenvalue weighted by atomic mass is 9.86.